The average molecular weight is 449 g/mol. The predicted octanol–water partition coefficient (Wildman–Crippen LogP) is 3.77. The monoisotopic (exact) mass is 448 g/mol. The fraction of sp³-hybridized carbons (Fsp3) is 0.200. The molecule has 0 radical (unpaired) electrons. The molecule has 0 amide bonds. The quantitative estimate of drug-likeness (QED) is 0.615. The number of anilines is 1. The van der Waals surface area contributed by atoms with Gasteiger partial charge in [0.15, 0.2) is 0 Å². The number of halogens is 2. The first-order valence-corrected chi connectivity index (χ1v) is 10.9. The fourth-order valence-electron chi connectivity index (χ4n) is 3.25. The molecular weight excluding hydrogens is 431 g/mol. The van der Waals surface area contributed by atoms with Gasteiger partial charge in [-0.2, -0.15) is 0 Å². The Morgan fingerprint density at radius 2 is 1.28 bits per heavy atom. The molecule has 0 spiro atoms. The lowest BCUT2D eigenvalue weighted by atomic mass is 10.0. The van der Waals surface area contributed by atoms with Crippen molar-refractivity contribution in [2.24, 2.45) is 0 Å². The Labute approximate surface area is 180 Å². The van der Waals surface area contributed by atoms with Gasteiger partial charge in [0.2, 0.25) is 10.9 Å². The van der Waals surface area contributed by atoms with Crippen molar-refractivity contribution in [1.29, 1.82) is 0 Å². The summed E-state index contributed by atoms with van der Waals surface area (Å²) in [5.41, 5.74) is 3.29. The van der Waals surface area contributed by atoms with Gasteiger partial charge in [-0.1, -0.05) is 47.5 Å². The van der Waals surface area contributed by atoms with E-state index in [1.54, 1.807) is 6.20 Å². The van der Waals surface area contributed by atoms with Gasteiger partial charge >= 0.3 is 0 Å². The van der Waals surface area contributed by atoms with Crippen LogP contribution in [0.1, 0.15) is 0 Å². The second-order valence-electron chi connectivity index (χ2n) is 6.62. The van der Waals surface area contributed by atoms with E-state index in [0.29, 0.717) is 42.0 Å². The van der Waals surface area contributed by atoms with E-state index in [4.69, 9.17) is 33.2 Å². The predicted molar refractivity (Wildman–Crippen MR) is 117 cm³/mol. The van der Waals surface area contributed by atoms with Crippen molar-refractivity contribution >= 4 is 39.9 Å². The summed E-state index contributed by atoms with van der Waals surface area (Å²) in [5, 5.41) is 1.30. The number of benzene rings is 2. The SMILES string of the molecule is O=[SH](=O)N1CCN(c2cnc(-c3ccc(Cl)cc3)c(-c3ccc(Cl)cc3)n2)CC1. The third-order valence-corrected chi connectivity index (χ3v) is 6.17. The highest BCUT2D eigenvalue weighted by molar-refractivity contribution is 7.69. The number of piperazine rings is 1. The molecule has 29 heavy (non-hydrogen) atoms. The highest BCUT2D eigenvalue weighted by Crippen LogP contribution is 2.32. The zero-order valence-electron chi connectivity index (χ0n) is 15.3. The van der Waals surface area contributed by atoms with E-state index in [9.17, 15) is 8.42 Å². The number of thiol groups is 1. The van der Waals surface area contributed by atoms with E-state index in [-0.39, 0.29) is 0 Å². The largest absolute Gasteiger partial charge is 0.353 e. The van der Waals surface area contributed by atoms with Crippen LogP contribution in [-0.4, -0.2) is 48.9 Å². The van der Waals surface area contributed by atoms with Crippen LogP contribution in [0, 0.1) is 0 Å². The maximum atomic E-state index is 11.2. The van der Waals surface area contributed by atoms with Crippen molar-refractivity contribution in [3.8, 4) is 22.5 Å². The summed E-state index contributed by atoms with van der Waals surface area (Å²) in [6.07, 6.45) is 1.73. The topological polar surface area (TPSA) is 66.4 Å². The molecule has 2 aromatic carbocycles. The molecule has 1 fully saturated rings. The van der Waals surface area contributed by atoms with Gasteiger partial charge in [-0.05, 0) is 24.3 Å². The smallest absolute Gasteiger partial charge is 0.204 e. The van der Waals surface area contributed by atoms with E-state index in [1.165, 1.54) is 4.31 Å². The van der Waals surface area contributed by atoms with Crippen LogP contribution < -0.4 is 4.90 Å². The highest BCUT2D eigenvalue weighted by Gasteiger charge is 2.21. The van der Waals surface area contributed by atoms with Crippen LogP contribution in [0.3, 0.4) is 0 Å². The Hall–Kier alpha value is -2.19. The Kier molecular flexibility index (Phi) is 6.01. The Morgan fingerprint density at radius 3 is 1.79 bits per heavy atom. The van der Waals surface area contributed by atoms with E-state index < -0.39 is 10.9 Å². The molecule has 3 aromatic rings. The van der Waals surface area contributed by atoms with Gasteiger partial charge in [-0.25, -0.2) is 17.7 Å². The van der Waals surface area contributed by atoms with Crippen LogP contribution in [-0.2, 0) is 10.9 Å². The van der Waals surface area contributed by atoms with Crippen molar-refractivity contribution in [2.45, 2.75) is 0 Å². The molecule has 0 bridgehead atoms. The van der Waals surface area contributed by atoms with Crippen molar-refractivity contribution in [2.75, 3.05) is 31.1 Å². The van der Waals surface area contributed by atoms with Crippen molar-refractivity contribution in [1.82, 2.24) is 14.3 Å². The van der Waals surface area contributed by atoms with Crippen molar-refractivity contribution in [3.05, 3.63) is 64.8 Å². The second kappa shape index (κ2) is 8.67. The van der Waals surface area contributed by atoms with E-state index in [1.807, 2.05) is 53.4 Å². The summed E-state index contributed by atoms with van der Waals surface area (Å²) in [7, 11) is -2.54. The number of nitrogens with zero attached hydrogens (tertiary/aromatic N) is 4. The summed E-state index contributed by atoms with van der Waals surface area (Å²) in [5.74, 6) is 0.716. The van der Waals surface area contributed by atoms with E-state index >= 15 is 0 Å². The van der Waals surface area contributed by atoms with Gasteiger partial charge in [-0.3, -0.25) is 4.98 Å². The molecule has 0 N–H and O–H groups in total. The molecule has 1 aromatic heterocycles. The molecule has 150 valence electrons. The highest BCUT2D eigenvalue weighted by atomic mass is 35.5. The van der Waals surface area contributed by atoms with Gasteiger partial charge < -0.3 is 4.90 Å². The van der Waals surface area contributed by atoms with Crippen LogP contribution in [0.4, 0.5) is 5.82 Å². The first kappa shape index (κ1) is 20.1. The third kappa shape index (κ3) is 4.53. The standard InChI is InChI=1S/C20H18Cl2N4O2S/c21-16-5-1-14(2-6-16)19-20(15-3-7-17(22)8-4-15)24-18(13-23-19)25-9-11-26(12-10-25)29(27)28/h1-8,13,29H,9-12H2. The first-order chi connectivity index (χ1) is 14.0. The van der Waals surface area contributed by atoms with Gasteiger partial charge in [0, 0.05) is 47.4 Å². The Bertz CT molecular complexity index is 1070. The molecule has 0 unspecified atom stereocenters. The molecule has 1 saturated heterocycles. The van der Waals surface area contributed by atoms with Crippen LogP contribution in [0.2, 0.25) is 10.0 Å². The zero-order valence-corrected chi connectivity index (χ0v) is 17.7. The number of hydrogen-bond donors (Lipinski definition) is 1. The number of hydrogen-bond acceptors (Lipinski definition) is 5. The molecule has 9 heteroatoms. The summed E-state index contributed by atoms with van der Waals surface area (Å²) >= 11 is 12.1. The maximum absolute atomic E-state index is 11.2. The molecule has 2 heterocycles. The number of aromatic nitrogens is 2. The van der Waals surface area contributed by atoms with Crippen LogP contribution in [0.25, 0.3) is 22.5 Å². The molecule has 0 saturated carbocycles. The second-order valence-corrected chi connectivity index (χ2v) is 8.53. The molecule has 6 nitrogen and oxygen atoms in total. The normalized spacial score (nSPS) is 15.1. The lowest BCUT2D eigenvalue weighted by molar-refractivity contribution is 0.395. The Balaban J connectivity index is 1.73. The van der Waals surface area contributed by atoms with Gasteiger partial charge in [0.1, 0.15) is 5.82 Å². The summed E-state index contributed by atoms with van der Waals surface area (Å²) in [6, 6.07) is 14.9. The lowest BCUT2D eigenvalue weighted by Gasteiger charge is -2.32. The summed E-state index contributed by atoms with van der Waals surface area (Å²) in [4.78, 5) is 11.6. The minimum absolute atomic E-state index is 0.440. The molecular formula is C20H18Cl2N4O2S. The third-order valence-electron chi connectivity index (χ3n) is 4.81. The van der Waals surface area contributed by atoms with Crippen LogP contribution >= 0.6 is 23.2 Å². The van der Waals surface area contributed by atoms with Crippen molar-refractivity contribution < 1.29 is 8.42 Å². The average Bonchev–Trinajstić information content (AvgIpc) is 2.75. The minimum atomic E-state index is -2.54. The zero-order chi connectivity index (χ0) is 20.4. The Morgan fingerprint density at radius 1 is 0.759 bits per heavy atom. The van der Waals surface area contributed by atoms with Crippen LogP contribution in [0.15, 0.2) is 54.7 Å². The molecule has 4 rings (SSSR count). The first-order valence-electron chi connectivity index (χ1n) is 9.04. The summed E-state index contributed by atoms with van der Waals surface area (Å²) in [6.45, 7) is 2.02. The summed E-state index contributed by atoms with van der Waals surface area (Å²) < 4.78 is 23.8. The fourth-order valence-corrected chi connectivity index (χ4v) is 4.01. The molecule has 0 atom stereocenters. The van der Waals surface area contributed by atoms with Gasteiger partial charge in [0.25, 0.3) is 0 Å². The number of rotatable bonds is 4. The van der Waals surface area contributed by atoms with Crippen LogP contribution in [0.5, 0.6) is 0 Å². The molecule has 1 aliphatic rings. The van der Waals surface area contributed by atoms with E-state index in [0.717, 1.165) is 22.5 Å². The van der Waals surface area contributed by atoms with Gasteiger partial charge in [-0.15, -0.1) is 0 Å². The maximum Gasteiger partial charge on any atom is 0.204 e. The van der Waals surface area contributed by atoms with Crippen molar-refractivity contribution in [3.63, 3.8) is 0 Å². The molecule has 0 aliphatic carbocycles. The van der Waals surface area contributed by atoms with Gasteiger partial charge in [0.05, 0.1) is 17.6 Å². The lowest BCUT2D eigenvalue weighted by Crippen LogP contribution is -2.46. The molecule has 1 aliphatic heterocycles. The minimum Gasteiger partial charge on any atom is -0.353 e. The van der Waals surface area contributed by atoms with E-state index in [2.05, 4.69) is 0 Å².